The summed E-state index contributed by atoms with van der Waals surface area (Å²) >= 11 is 0. The van der Waals surface area contributed by atoms with Gasteiger partial charge in [0.2, 0.25) is 0 Å². The van der Waals surface area contributed by atoms with E-state index in [0.717, 1.165) is 10.8 Å². The Morgan fingerprint density at radius 2 is 1.75 bits per heavy atom. The van der Waals surface area contributed by atoms with Gasteiger partial charge in [-0.15, -0.1) is 0 Å². The minimum absolute atomic E-state index is 0.453. The third kappa shape index (κ3) is 1.52. The molecule has 1 heterocycles. The molecule has 0 aliphatic rings. The van der Waals surface area contributed by atoms with Crippen LogP contribution in [0.15, 0.2) is 46.1 Å². The summed E-state index contributed by atoms with van der Waals surface area (Å²) in [6.07, 6.45) is 1.12. The first-order valence-corrected chi connectivity index (χ1v) is 4.68. The summed E-state index contributed by atoms with van der Waals surface area (Å²) in [7, 11) is 1.32. The van der Waals surface area contributed by atoms with Gasteiger partial charge in [0.1, 0.15) is 0 Å². The van der Waals surface area contributed by atoms with E-state index in [1.807, 2.05) is 6.07 Å². The number of hydrogen-bond acceptors (Lipinski definition) is 3. The van der Waals surface area contributed by atoms with Crippen LogP contribution >= 0.6 is 0 Å². The number of aromatic hydroxyl groups is 1. The molecule has 0 saturated carbocycles. The van der Waals surface area contributed by atoms with Crippen molar-refractivity contribution in [2.45, 2.75) is 0 Å². The Kier molecular flexibility index (Phi) is 2.36. The number of benzene rings is 1. The maximum absolute atomic E-state index is 11.8. The molecule has 0 saturated heterocycles. The van der Waals surface area contributed by atoms with Crippen LogP contribution in [0.1, 0.15) is 0 Å². The Morgan fingerprint density at radius 3 is 2.38 bits per heavy atom. The molecule has 0 atom stereocenters. The first-order valence-electron chi connectivity index (χ1n) is 4.68. The molecule has 16 heavy (non-hydrogen) atoms. The van der Waals surface area contributed by atoms with Gasteiger partial charge in [0, 0.05) is 7.05 Å². The third-order valence-electron chi connectivity index (χ3n) is 2.30. The highest BCUT2D eigenvalue weighted by Crippen LogP contribution is 2.05. The predicted octanol–water partition coefficient (Wildman–Crippen LogP) is 0.242. The molecule has 5 nitrogen and oxygen atoms in total. The van der Waals surface area contributed by atoms with E-state index in [1.54, 1.807) is 24.3 Å². The van der Waals surface area contributed by atoms with Crippen LogP contribution in [-0.4, -0.2) is 14.2 Å². The Balaban J connectivity index is 2.78. The lowest BCUT2D eigenvalue weighted by molar-refractivity contribution is 0.450. The molecule has 0 bridgehead atoms. The maximum atomic E-state index is 11.8. The van der Waals surface area contributed by atoms with Gasteiger partial charge in [-0.1, -0.05) is 18.2 Å². The summed E-state index contributed by atoms with van der Waals surface area (Å²) < 4.78 is 2.08. The van der Waals surface area contributed by atoms with Crippen molar-refractivity contribution in [3.8, 4) is 11.4 Å². The monoisotopic (exact) mass is 218 g/mol. The molecule has 5 heteroatoms. The lowest BCUT2D eigenvalue weighted by atomic mass is 10.3. The van der Waals surface area contributed by atoms with Crippen molar-refractivity contribution in [1.29, 1.82) is 0 Å². The number of aromatic nitrogens is 2. The molecule has 82 valence electrons. The van der Waals surface area contributed by atoms with Crippen molar-refractivity contribution in [3.63, 3.8) is 0 Å². The number of hydrogen-bond donors (Lipinski definition) is 1. The summed E-state index contributed by atoms with van der Waals surface area (Å²) in [5.41, 5.74) is -0.593. The van der Waals surface area contributed by atoms with E-state index < -0.39 is 17.0 Å². The second-order valence-corrected chi connectivity index (χ2v) is 3.37. The number of nitrogens with zero attached hydrogens (tertiary/aromatic N) is 2. The van der Waals surface area contributed by atoms with E-state index in [9.17, 15) is 14.7 Å². The van der Waals surface area contributed by atoms with Crippen LogP contribution in [0, 0.1) is 0 Å². The molecule has 0 amide bonds. The zero-order chi connectivity index (χ0) is 11.7. The lowest BCUT2D eigenvalue weighted by Gasteiger charge is -2.07. The van der Waals surface area contributed by atoms with E-state index in [2.05, 4.69) is 0 Å². The van der Waals surface area contributed by atoms with Crippen LogP contribution < -0.4 is 11.2 Å². The zero-order valence-corrected chi connectivity index (χ0v) is 8.62. The Morgan fingerprint density at radius 1 is 1.12 bits per heavy atom. The van der Waals surface area contributed by atoms with Crippen LogP contribution in [0.5, 0.6) is 5.75 Å². The SMILES string of the molecule is Cn1c(=O)c(O)cn(-c2ccccc2)c1=O. The summed E-state index contributed by atoms with van der Waals surface area (Å²) in [5.74, 6) is -0.453. The van der Waals surface area contributed by atoms with Gasteiger partial charge in [0.05, 0.1) is 11.9 Å². The first kappa shape index (κ1) is 10.2. The van der Waals surface area contributed by atoms with Crippen LogP contribution in [0.3, 0.4) is 0 Å². The highest BCUT2D eigenvalue weighted by molar-refractivity contribution is 5.32. The fourth-order valence-corrected chi connectivity index (χ4v) is 1.43. The molecule has 0 aliphatic carbocycles. The Labute approximate surface area is 90.8 Å². The van der Waals surface area contributed by atoms with Gasteiger partial charge in [0.25, 0.3) is 5.56 Å². The van der Waals surface area contributed by atoms with Gasteiger partial charge in [0.15, 0.2) is 5.75 Å². The van der Waals surface area contributed by atoms with Gasteiger partial charge >= 0.3 is 5.69 Å². The largest absolute Gasteiger partial charge is 0.502 e. The molecule has 1 aromatic heterocycles. The summed E-state index contributed by atoms with van der Waals surface area (Å²) in [4.78, 5) is 23.0. The molecule has 0 spiro atoms. The molecule has 2 rings (SSSR count). The van der Waals surface area contributed by atoms with Crippen molar-refractivity contribution < 1.29 is 5.11 Å². The van der Waals surface area contributed by atoms with Gasteiger partial charge in [-0.05, 0) is 12.1 Å². The zero-order valence-electron chi connectivity index (χ0n) is 8.62. The third-order valence-corrected chi connectivity index (χ3v) is 2.30. The minimum Gasteiger partial charge on any atom is -0.502 e. The second-order valence-electron chi connectivity index (χ2n) is 3.37. The van der Waals surface area contributed by atoms with Crippen LogP contribution in [0.25, 0.3) is 5.69 Å². The molecule has 1 aromatic carbocycles. The highest BCUT2D eigenvalue weighted by atomic mass is 16.3. The molecule has 1 N–H and O–H groups in total. The molecule has 0 unspecified atom stereocenters. The number of rotatable bonds is 1. The maximum Gasteiger partial charge on any atom is 0.335 e. The summed E-state index contributed by atoms with van der Waals surface area (Å²) in [6.45, 7) is 0. The molecule has 0 aliphatic heterocycles. The molecule has 0 radical (unpaired) electrons. The van der Waals surface area contributed by atoms with Crippen LogP contribution in [0.4, 0.5) is 0 Å². The van der Waals surface area contributed by atoms with Gasteiger partial charge in [-0.25, -0.2) is 4.79 Å². The van der Waals surface area contributed by atoms with Gasteiger partial charge in [-0.3, -0.25) is 13.9 Å². The Bertz CT molecular complexity index is 626. The van der Waals surface area contributed by atoms with Gasteiger partial charge in [-0.2, -0.15) is 0 Å². The fraction of sp³-hybridized carbons (Fsp3) is 0.0909. The normalized spacial score (nSPS) is 10.3. The smallest absolute Gasteiger partial charge is 0.335 e. The Hall–Kier alpha value is -2.30. The standard InChI is InChI=1S/C11H10N2O3/c1-12-10(15)9(14)7-13(11(12)16)8-5-3-2-4-6-8/h2-7,14H,1H3. The average Bonchev–Trinajstić information content (AvgIpc) is 2.32. The predicted molar refractivity (Wildman–Crippen MR) is 58.9 cm³/mol. The second kappa shape index (κ2) is 3.69. The molecular formula is C11H10N2O3. The first-order chi connectivity index (χ1) is 7.61. The van der Waals surface area contributed by atoms with Gasteiger partial charge < -0.3 is 5.11 Å². The summed E-state index contributed by atoms with van der Waals surface area (Å²) in [5, 5.41) is 9.37. The molecule has 0 fully saturated rings. The molecule has 2 aromatic rings. The quantitative estimate of drug-likeness (QED) is 0.745. The van der Waals surface area contributed by atoms with E-state index >= 15 is 0 Å². The minimum atomic E-state index is -0.697. The van der Waals surface area contributed by atoms with Crippen molar-refractivity contribution in [2.24, 2.45) is 7.05 Å². The van der Waals surface area contributed by atoms with E-state index in [4.69, 9.17) is 0 Å². The van der Waals surface area contributed by atoms with Crippen molar-refractivity contribution in [2.75, 3.05) is 0 Å². The average molecular weight is 218 g/mol. The topological polar surface area (TPSA) is 64.2 Å². The number of para-hydroxylation sites is 1. The van der Waals surface area contributed by atoms with Crippen molar-refractivity contribution in [1.82, 2.24) is 9.13 Å². The van der Waals surface area contributed by atoms with E-state index in [-0.39, 0.29) is 0 Å². The lowest BCUT2D eigenvalue weighted by Crippen LogP contribution is -2.36. The van der Waals surface area contributed by atoms with Crippen LogP contribution in [-0.2, 0) is 7.05 Å². The molecular weight excluding hydrogens is 208 g/mol. The van der Waals surface area contributed by atoms with Crippen molar-refractivity contribution in [3.05, 3.63) is 57.4 Å². The van der Waals surface area contributed by atoms with E-state index in [1.165, 1.54) is 11.6 Å². The fourth-order valence-electron chi connectivity index (χ4n) is 1.43. The van der Waals surface area contributed by atoms with Crippen molar-refractivity contribution >= 4 is 0 Å². The summed E-state index contributed by atoms with van der Waals surface area (Å²) in [6, 6.07) is 8.78. The van der Waals surface area contributed by atoms with Crippen LogP contribution in [0.2, 0.25) is 0 Å². The van der Waals surface area contributed by atoms with E-state index in [0.29, 0.717) is 5.69 Å². The highest BCUT2D eigenvalue weighted by Gasteiger charge is 2.07.